The number of benzene rings is 1. The molecule has 1 unspecified atom stereocenters. The van der Waals surface area contributed by atoms with Crippen molar-refractivity contribution in [2.24, 2.45) is 0 Å². The second-order valence-electron chi connectivity index (χ2n) is 5.79. The Kier molecular flexibility index (Phi) is 5.65. The smallest absolute Gasteiger partial charge is 0.269 e. The van der Waals surface area contributed by atoms with Gasteiger partial charge in [0.05, 0.1) is 4.92 Å². The maximum absolute atomic E-state index is 10.9. The highest BCUT2D eigenvalue weighted by Crippen LogP contribution is 2.40. The quantitative estimate of drug-likeness (QED) is 0.602. The van der Waals surface area contributed by atoms with Gasteiger partial charge >= 0.3 is 0 Å². The van der Waals surface area contributed by atoms with Crippen molar-refractivity contribution in [3.05, 3.63) is 39.9 Å². The van der Waals surface area contributed by atoms with Crippen molar-refractivity contribution < 1.29 is 4.92 Å². The van der Waals surface area contributed by atoms with Gasteiger partial charge in [0.2, 0.25) is 0 Å². The van der Waals surface area contributed by atoms with E-state index >= 15 is 0 Å². The molecule has 21 heavy (non-hydrogen) atoms. The predicted octanol–water partition coefficient (Wildman–Crippen LogP) is 4.31. The fraction of sp³-hybridized carbons (Fsp3) is 0.625. The van der Waals surface area contributed by atoms with Crippen LogP contribution in [-0.4, -0.2) is 22.5 Å². The van der Waals surface area contributed by atoms with E-state index in [4.69, 9.17) is 0 Å². The number of nitro groups is 1. The van der Waals surface area contributed by atoms with Gasteiger partial charge in [0.1, 0.15) is 0 Å². The number of nitro benzene ring substituents is 1. The van der Waals surface area contributed by atoms with Crippen molar-refractivity contribution in [3.8, 4) is 0 Å². The van der Waals surface area contributed by atoms with Crippen LogP contribution >= 0.6 is 11.8 Å². The second kappa shape index (κ2) is 7.27. The molecule has 116 valence electrons. The topological polar surface area (TPSA) is 55.2 Å². The van der Waals surface area contributed by atoms with Gasteiger partial charge in [-0.05, 0) is 31.1 Å². The first kappa shape index (κ1) is 16.3. The summed E-state index contributed by atoms with van der Waals surface area (Å²) in [6.07, 6.45) is 8.30. The summed E-state index contributed by atoms with van der Waals surface area (Å²) in [5, 5.41) is 14.6. The van der Waals surface area contributed by atoms with Gasteiger partial charge in [0, 0.05) is 29.5 Å². The van der Waals surface area contributed by atoms with Crippen LogP contribution in [0.2, 0.25) is 0 Å². The van der Waals surface area contributed by atoms with Gasteiger partial charge in [-0.3, -0.25) is 10.1 Å². The van der Waals surface area contributed by atoms with Crippen LogP contribution in [0.3, 0.4) is 0 Å². The first-order valence-electron chi connectivity index (χ1n) is 7.63. The number of thioether (sulfide) groups is 1. The van der Waals surface area contributed by atoms with Crippen molar-refractivity contribution >= 4 is 17.4 Å². The molecule has 0 aromatic heterocycles. The van der Waals surface area contributed by atoms with Crippen LogP contribution in [0.5, 0.6) is 0 Å². The minimum absolute atomic E-state index is 0.174. The molecule has 0 radical (unpaired) electrons. The molecule has 0 saturated heterocycles. The Morgan fingerprint density at radius 1 is 1.43 bits per heavy atom. The summed E-state index contributed by atoms with van der Waals surface area (Å²) in [6, 6.07) is 7.19. The molecule has 5 heteroatoms. The number of non-ortho nitro benzene ring substituents is 1. The third kappa shape index (κ3) is 3.98. The normalized spacial score (nSPS) is 18.6. The van der Waals surface area contributed by atoms with Gasteiger partial charge in [0.25, 0.3) is 5.69 Å². The first-order chi connectivity index (χ1) is 10.1. The van der Waals surface area contributed by atoms with E-state index in [9.17, 15) is 10.1 Å². The SMILES string of the molecule is CCC(NCC1(SC)CCCC1)c1cccc([N+](=O)[O-])c1. The molecule has 0 aliphatic heterocycles. The van der Waals surface area contributed by atoms with Crippen molar-refractivity contribution in [2.75, 3.05) is 12.8 Å². The molecule has 2 rings (SSSR count). The van der Waals surface area contributed by atoms with Gasteiger partial charge in [-0.2, -0.15) is 11.8 Å². The van der Waals surface area contributed by atoms with Crippen molar-refractivity contribution in [3.63, 3.8) is 0 Å². The molecule has 4 nitrogen and oxygen atoms in total. The molecule has 1 saturated carbocycles. The minimum Gasteiger partial charge on any atom is -0.309 e. The van der Waals surface area contributed by atoms with Crippen molar-refractivity contribution in [1.29, 1.82) is 0 Å². The molecular weight excluding hydrogens is 284 g/mol. The lowest BCUT2D eigenvalue weighted by Gasteiger charge is -2.30. The van der Waals surface area contributed by atoms with Gasteiger partial charge in [-0.1, -0.05) is 31.9 Å². The summed E-state index contributed by atoms with van der Waals surface area (Å²) in [7, 11) is 0. The number of rotatable bonds is 7. The Hall–Kier alpha value is -1.07. The first-order valence-corrected chi connectivity index (χ1v) is 8.85. The summed E-state index contributed by atoms with van der Waals surface area (Å²) in [6.45, 7) is 3.10. The number of hydrogen-bond acceptors (Lipinski definition) is 4. The van der Waals surface area contributed by atoms with E-state index in [0.29, 0.717) is 4.75 Å². The monoisotopic (exact) mass is 308 g/mol. The van der Waals surface area contributed by atoms with Gasteiger partial charge < -0.3 is 5.32 Å². The highest BCUT2D eigenvalue weighted by molar-refractivity contribution is 8.00. The lowest BCUT2D eigenvalue weighted by molar-refractivity contribution is -0.384. The molecule has 1 N–H and O–H groups in total. The predicted molar refractivity (Wildman–Crippen MR) is 88.8 cm³/mol. The van der Waals surface area contributed by atoms with Crippen LogP contribution in [0.1, 0.15) is 50.6 Å². The molecule has 0 spiro atoms. The molecule has 1 aliphatic carbocycles. The van der Waals surface area contributed by atoms with Crippen molar-refractivity contribution in [1.82, 2.24) is 5.32 Å². The van der Waals surface area contributed by atoms with E-state index in [1.54, 1.807) is 18.2 Å². The Morgan fingerprint density at radius 3 is 2.71 bits per heavy atom. The largest absolute Gasteiger partial charge is 0.309 e. The van der Waals surface area contributed by atoms with Gasteiger partial charge in [-0.15, -0.1) is 0 Å². The van der Waals surface area contributed by atoms with Crippen LogP contribution in [-0.2, 0) is 0 Å². The third-order valence-electron chi connectivity index (χ3n) is 4.51. The summed E-state index contributed by atoms with van der Waals surface area (Å²) < 4.78 is 0.355. The average Bonchev–Trinajstić information content (AvgIpc) is 2.97. The molecule has 1 aromatic carbocycles. The van der Waals surface area contributed by atoms with E-state index in [0.717, 1.165) is 18.5 Å². The molecule has 1 aliphatic rings. The third-order valence-corrected chi connectivity index (χ3v) is 5.93. The Labute approximate surface area is 130 Å². The number of nitrogens with one attached hydrogen (secondary N) is 1. The summed E-state index contributed by atoms with van der Waals surface area (Å²) >= 11 is 1.96. The highest BCUT2D eigenvalue weighted by atomic mass is 32.2. The van der Waals surface area contributed by atoms with Gasteiger partial charge in [0.15, 0.2) is 0 Å². The zero-order valence-electron chi connectivity index (χ0n) is 12.8. The average molecular weight is 308 g/mol. The van der Waals surface area contributed by atoms with E-state index in [-0.39, 0.29) is 16.7 Å². The number of nitrogens with zero attached hydrogens (tertiary/aromatic N) is 1. The fourth-order valence-corrected chi connectivity index (χ4v) is 4.06. The molecule has 1 fully saturated rings. The highest BCUT2D eigenvalue weighted by Gasteiger charge is 2.33. The van der Waals surface area contributed by atoms with Crippen LogP contribution in [0.25, 0.3) is 0 Å². The zero-order chi connectivity index (χ0) is 15.3. The number of hydrogen-bond donors (Lipinski definition) is 1. The minimum atomic E-state index is -0.323. The van der Waals surface area contributed by atoms with E-state index in [2.05, 4.69) is 18.5 Å². The molecule has 0 bridgehead atoms. The molecule has 1 aromatic rings. The van der Waals surface area contributed by atoms with Crippen molar-refractivity contribution in [2.45, 2.75) is 49.8 Å². The summed E-state index contributed by atoms with van der Waals surface area (Å²) in [5.41, 5.74) is 1.19. The lowest BCUT2D eigenvalue weighted by atomic mass is 10.0. The van der Waals surface area contributed by atoms with Crippen LogP contribution in [0.15, 0.2) is 24.3 Å². The van der Waals surface area contributed by atoms with E-state index in [1.165, 1.54) is 25.7 Å². The summed E-state index contributed by atoms with van der Waals surface area (Å²) in [5.74, 6) is 0. The molecule has 0 heterocycles. The molecular formula is C16H24N2O2S. The second-order valence-corrected chi connectivity index (χ2v) is 7.06. The van der Waals surface area contributed by atoms with Crippen LogP contribution in [0.4, 0.5) is 5.69 Å². The lowest BCUT2D eigenvalue weighted by Crippen LogP contribution is -2.37. The maximum Gasteiger partial charge on any atom is 0.269 e. The van der Waals surface area contributed by atoms with Gasteiger partial charge in [-0.25, -0.2) is 0 Å². The summed E-state index contributed by atoms with van der Waals surface area (Å²) in [4.78, 5) is 10.6. The Morgan fingerprint density at radius 2 is 2.14 bits per heavy atom. The van der Waals surface area contributed by atoms with E-state index in [1.807, 2.05) is 17.8 Å². The standard InChI is InChI=1S/C16H24N2O2S/c1-3-15(13-7-6-8-14(11-13)18(19)20)17-12-16(21-2)9-4-5-10-16/h6-8,11,15,17H,3-5,9-10,12H2,1-2H3. The van der Waals surface area contributed by atoms with Crippen LogP contribution < -0.4 is 5.32 Å². The zero-order valence-corrected chi connectivity index (χ0v) is 13.6. The Balaban J connectivity index is 2.06. The van der Waals surface area contributed by atoms with E-state index < -0.39 is 0 Å². The fourth-order valence-electron chi connectivity index (χ4n) is 3.13. The molecule has 1 atom stereocenters. The van der Waals surface area contributed by atoms with Crippen LogP contribution in [0, 0.1) is 10.1 Å². The molecule has 0 amide bonds. The maximum atomic E-state index is 10.9. The Bertz CT molecular complexity index is 487.